The van der Waals surface area contributed by atoms with E-state index >= 15 is 0 Å². The number of hydrogen-bond donors (Lipinski definition) is 1. The summed E-state index contributed by atoms with van der Waals surface area (Å²) in [5.41, 5.74) is 0.430. The van der Waals surface area contributed by atoms with Crippen LogP contribution in [0.4, 0.5) is 0 Å². The summed E-state index contributed by atoms with van der Waals surface area (Å²) >= 11 is 1.64. The van der Waals surface area contributed by atoms with Crippen LogP contribution in [0.2, 0.25) is 0 Å². The van der Waals surface area contributed by atoms with Gasteiger partial charge in [-0.1, -0.05) is 31.5 Å². The standard InChI is InChI=1S/C11H18N2O2S/c1-3-5-6-7-16-11-12-8-9(13-11)10(14)15-4-2/h8H,3-7H2,1-2H3,(H,12,13). The highest BCUT2D eigenvalue weighted by Crippen LogP contribution is 2.16. The van der Waals surface area contributed by atoms with Gasteiger partial charge in [-0.2, -0.15) is 0 Å². The van der Waals surface area contributed by atoms with Gasteiger partial charge in [-0.25, -0.2) is 9.78 Å². The Bertz CT molecular complexity index is 326. The molecule has 0 atom stereocenters. The van der Waals surface area contributed by atoms with E-state index in [1.807, 2.05) is 0 Å². The fourth-order valence-electron chi connectivity index (χ4n) is 1.21. The predicted molar refractivity (Wildman–Crippen MR) is 64.8 cm³/mol. The number of aromatic nitrogens is 2. The number of carbonyl (C=O) groups is 1. The number of thioether (sulfide) groups is 1. The van der Waals surface area contributed by atoms with Gasteiger partial charge in [0.2, 0.25) is 0 Å². The first kappa shape index (κ1) is 13.1. The molecule has 1 aromatic heterocycles. The van der Waals surface area contributed by atoms with Crippen molar-refractivity contribution in [1.29, 1.82) is 0 Å². The number of nitrogens with one attached hydrogen (secondary N) is 1. The number of esters is 1. The summed E-state index contributed by atoms with van der Waals surface area (Å²) in [7, 11) is 0. The van der Waals surface area contributed by atoms with Gasteiger partial charge in [-0.15, -0.1) is 0 Å². The number of nitrogens with zero attached hydrogens (tertiary/aromatic N) is 1. The number of ether oxygens (including phenoxy) is 1. The predicted octanol–water partition coefficient (Wildman–Crippen LogP) is 2.87. The Labute approximate surface area is 100 Å². The Morgan fingerprint density at radius 2 is 2.31 bits per heavy atom. The molecule has 0 unspecified atom stereocenters. The Balaban J connectivity index is 2.36. The summed E-state index contributed by atoms with van der Waals surface area (Å²) < 4.78 is 4.86. The molecule has 5 heteroatoms. The van der Waals surface area contributed by atoms with E-state index in [0.29, 0.717) is 12.3 Å². The van der Waals surface area contributed by atoms with Crippen LogP contribution in [0.5, 0.6) is 0 Å². The van der Waals surface area contributed by atoms with Crippen LogP contribution in [0.25, 0.3) is 0 Å². The quantitative estimate of drug-likeness (QED) is 0.454. The number of unbranched alkanes of at least 4 members (excludes halogenated alkanes) is 2. The molecule has 0 aliphatic heterocycles. The van der Waals surface area contributed by atoms with E-state index in [1.165, 1.54) is 25.5 Å². The molecule has 90 valence electrons. The van der Waals surface area contributed by atoms with Crippen LogP contribution < -0.4 is 0 Å². The second-order valence-corrected chi connectivity index (χ2v) is 4.46. The third-order valence-electron chi connectivity index (χ3n) is 2.03. The molecule has 0 radical (unpaired) electrons. The second-order valence-electron chi connectivity index (χ2n) is 3.38. The summed E-state index contributed by atoms with van der Waals surface area (Å²) in [5.74, 6) is 0.694. The molecular formula is C11H18N2O2S. The van der Waals surface area contributed by atoms with Gasteiger partial charge in [0, 0.05) is 5.75 Å². The highest BCUT2D eigenvalue weighted by atomic mass is 32.2. The van der Waals surface area contributed by atoms with E-state index in [-0.39, 0.29) is 5.97 Å². The minimum atomic E-state index is -0.338. The third-order valence-corrected chi connectivity index (χ3v) is 3.01. The van der Waals surface area contributed by atoms with Crippen LogP contribution in [0.1, 0.15) is 43.6 Å². The van der Waals surface area contributed by atoms with Crippen LogP contribution in [0.15, 0.2) is 11.4 Å². The second kappa shape index (κ2) is 7.33. The molecular weight excluding hydrogens is 224 g/mol. The maximum Gasteiger partial charge on any atom is 0.356 e. The molecule has 0 fully saturated rings. The summed E-state index contributed by atoms with van der Waals surface area (Å²) in [6.07, 6.45) is 5.15. The van der Waals surface area contributed by atoms with Gasteiger partial charge in [0.05, 0.1) is 12.8 Å². The lowest BCUT2D eigenvalue weighted by atomic mass is 10.3. The topological polar surface area (TPSA) is 55.0 Å². The molecule has 0 saturated heterocycles. The Morgan fingerprint density at radius 1 is 1.50 bits per heavy atom. The molecule has 1 aromatic rings. The number of carbonyl (C=O) groups excluding carboxylic acids is 1. The zero-order valence-corrected chi connectivity index (χ0v) is 10.6. The molecule has 0 aromatic carbocycles. The normalized spacial score (nSPS) is 10.4. The molecule has 16 heavy (non-hydrogen) atoms. The van der Waals surface area contributed by atoms with Crippen molar-refractivity contribution in [3.8, 4) is 0 Å². The third kappa shape index (κ3) is 4.26. The zero-order chi connectivity index (χ0) is 11.8. The van der Waals surface area contributed by atoms with Gasteiger partial charge in [-0.05, 0) is 13.3 Å². The lowest BCUT2D eigenvalue weighted by molar-refractivity contribution is 0.0519. The van der Waals surface area contributed by atoms with Crippen molar-refractivity contribution in [2.45, 2.75) is 38.3 Å². The van der Waals surface area contributed by atoms with E-state index < -0.39 is 0 Å². The van der Waals surface area contributed by atoms with Crippen molar-refractivity contribution < 1.29 is 9.53 Å². The van der Waals surface area contributed by atoms with Crippen molar-refractivity contribution in [1.82, 2.24) is 9.97 Å². The van der Waals surface area contributed by atoms with Crippen molar-refractivity contribution in [3.63, 3.8) is 0 Å². The molecule has 0 spiro atoms. The first-order valence-corrected chi connectivity index (χ1v) is 6.61. The summed E-state index contributed by atoms with van der Waals surface area (Å²) in [4.78, 5) is 18.4. The summed E-state index contributed by atoms with van der Waals surface area (Å²) in [6, 6.07) is 0. The first-order valence-electron chi connectivity index (χ1n) is 5.62. The molecule has 0 amide bonds. The Morgan fingerprint density at radius 3 is 3.00 bits per heavy atom. The van der Waals surface area contributed by atoms with Crippen LogP contribution in [0.3, 0.4) is 0 Å². The number of rotatable bonds is 7. The molecule has 1 rings (SSSR count). The average molecular weight is 242 g/mol. The van der Waals surface area contributed by atoms with Crippen molar-refractivity contribution in [2.75, 3.05) is 12.4 Å². The maximum atomic E-state index is 11.3. The van der Waals surface area contributed by atoms with Crippen molar-refractivity contribution >= 4 is 17.7 Å². The fourth-order valence-corrected chi connectivity index (χ4v) is 2.06. The van der Waals surface area contributed by atoms with Crippen LogP contribution in [-0.2, 0) is 4.74 Å². The highest BCUT2D eigenvalue weighted by molar-refractivity contribution is 7.99. The van der Waals surface area contributed by atoms with Crippen LogP contribution in [-0.4, -0.2) is 28.3 Å². The maximum absolute atomic E-state index is 11.3. The molecule has 4 nitrogen and oxygen atoms in total. The molecule has 0 aliphatic rings. The molecule has 0 saturated carbocycles. The van der Waals surface area contributed by atoms with Crippen molar-refractivity contribution in [3.05, 3.63) is 11.9 Å². The molecule has 1 heterocycles. The number of hydrogen-bond acceptors (Lipinski definition) is 4. The highest BCUT2D eigenvalue weighted by Gasteiger charge is 2.09. The van der Waals surface area contributed by atoms with Gasteiger partial charge < -0.3 is 9.72 Å². The Kier molecular flexibility index (Phi) is 6.00. The number of aromatic amines is 1. The summed E-state index contributed by atoms with van der Waals surface area (Å²) in [5, 5.41) is 0.791. The first-order chi connectivity index (χ1) is 7.77. The smallest absolute Gasteiger partial charge is 0.356 e. The zero-order valence-electron chi connectivity index (χ0n) is 9.78. The lowest BCUT2D eigenvalue weighted by Gasteiger charge is -1.98. The largest absolute Gasteiger partial charge is 0.461 e. The van der Waals surface area contributed by atoms with Crippen LogP contribution >= 0.6 is 11.8 Å². The van der Waals surface area contributed by atoms with Gasteiger partial charge >= 0.3 is 5.97 Å². The van der Waals surface area contributed by atoms with Gasteiger partial charge in [-0.3, -0.25) is 0 Å². The van der Waals surface area contributed by atoms with Gasteiger partial charge in [0.15, 0.2) is 5.16 Å². The molecule has 0 bridgehead atoms. The van der Waals surface area contributed by atoms with E-state index in [9.17, 15) is 4.79 Å². The average Bonchev–Trinajstić information content (AvgIpc) is 2.73. The van der Waals surface area contributed by atoms with E-state index in [4.69, 9.17) is 4.74 Å². The SMILES string of the molecule is CCCCCSc1ncc(C(=O)OCC)[nH]1. The van der Waals surface area contributed by atoms with Gasteiger partial charge in [0.25, 0.3) is 0 Å². The lowest BCUT2D eigenvalue weighted by Crippen LogP contribution is -2.04. The monoisotopic (exact) mass is 242 g/mol. The number of H-pyrrole nitrogens is 1. The van der Waals surface area contributed by atoms with E-state index in [0.717, 1.165) is 10.9 Å². The van der Waals surface area contributed by atoms with Crippen LogP contribution in [0, 0.1) is 0 Å². The summed E-state index contributed by atoms with van der Waals surface area (Å²) in [6.45, 7) is 4.35. The molecule has 0 aliphatic carbocycles. The van der Waals surface area contributed by atoms with Gasteiger partial charge in [0.1, 0.15) is 5.69 Å². The van der Waals surface area contributed by atoms with Crippen molar-refractivity contribution in [2.24, 2.45) is 0 Å². The fraction of sp³-hybridized carbons (Fsp3) is 0.636. The van der Waals surface area contributed by atoms with E-state index in [1.54, 1.807) is 18.7 Å². The van der Waals surface area contributed by atoms with E-state index in [2.05, 4.69) is 16.9 Å². The number of imidazole rings is 1. The molecule has 1 N–H and O–H groups in total. The minimum Gasteiger partial charge on any atom is -0.461 e. The minimum absolute atomic E-state index is 0.338. The Hall–Kier alpha value is -0.970.